The van der Waals surface area contributed by atoms with Gasteiger partial charge in [-0.05, 0) is 133 Å². The zero-order valence-corrected chi connectivity index (χ0v) is 81.8. The first-order valence-corrected chi connectivity index (χ1v) is 47.5. The predicted octanol–water partition coefficient (Wildman–Crippen LogP) is 4.76. The van der Waals surface area contributed by atoms with Crippen LogP contribution in [0.25, 0.3) is 43.6 Å². The van der Waals surface area contributed by atoms with E-state index in [1.54, 1.807) is 93.2 Å². The van der Waals surface area contributed by atoms with E-state index in [1.165, 1.54) is 13.8 Å². The first-order valence-electron chi connectivity index (χ1n) is 47.5. The lowest BCUT2D eigenvalue weighted by molar-refractivity contribution is -0.137. The smallest absolute Gasteiger partial charge is 0.243 e. The van der Waals surface area contributed by atoms with Gasteiger partial charge in [-0.15, -0.1) is 0 Å². The van der Waals surface area contributed by atoms with E-state index in [9.17, 15) is 53.1 Å². The van der Waals surface area contributed by atoms with Crippen molar-refractivity contribution in [3.8, 4) is 0 Å². The van der Waals surface area contributed by atoms with Gasteiger partial charge in [-0.1, -0.05) is 190 Å². The van der Waals surface area contributed by atoms with Crippen molar-refractivity contribution < 1.29 is 81.8 Å². The van der Waals surface area contributed by atoms with Gasteiger partial charge in [0.1, 0.15) is 84.6 Å². The molecule has 0 saturated carbocycles. The Morgan fingerprint density at radius 2 is 0.562 bits per heavy atom. The summed E-state index contributed by atoms with van der Waals surface area (Å²) in [6.07, 6.45) is 7.59. The van der Waals surface area contributed by atoms with Crippen LogP contribution in [0.15, 0.2) is 122 Å². The molecule has 0 saturated heterocycles. The minimum absolute atomic E-state index is 0.0108. The zero-order chi connectivity index (χ0) is 101. The molecule has 0 fully saturated rings. The van der Waals surface area contributed by atoms with Crippen LogP contribution in [0, 0.1) is 47.3 Å². The topological polar surface area (TPSA) is 549 Å². The van der Waals surface area contributed by atoms with Crippen LogP contribution in [0.5, 0.6) is 0 Å². The van der Waals surface area contributed by atoms with Crippen molar-refractivity contribution in [1.82, 2.24) is 105 Å². The molecule has 0 unspecified atom stereocenters. The third-order valence-electron chi connectivity index (χ3n) is 24.1. The van der Waals surface area contributed by atoms with E-state index in [0.29, 0.717) is 51.3 Å². The fraction of sp³-hybridized carbons (Fsp3) is 0.520. The summed E-state index contributed by atoms with van der Waals surface area (Å²) in [6.45, 7) is 30.0. The molecule has 0 radical (unpaired) electrons. The molecule has 4 aromatic carbocycles. The van der Waals surface area contributed by atoms with Crippen molar-refractivity contribution in [1.29, 1.82) is 0 Å². The average molecular weight is 1900 g/mol. The van der Waals surface area contributed by atoms with E-state index in [0.717, 1.165) is 27.4 Å². The normalized spacial score (nSPS) is 14.9. The SMILES string of the molecule is CC[C@H](C)[C@H](NC=O)C(=O)NCC(=O)N[C@@H](C)C(=O)N[C@H](CC(C)C)C(=O)N[C@@H](C)C(=O)N[C@@H](C(=O)N[C@H](C(=O)N[C@@H](C(=O)N[C@@H](Cc1c[nH]c2ccccc12)C(=O)N[C@H](CC(C)C)C(=O)N[C@@H](Cc1c[nH]c2ccccc12)C(=O)N[C@H](CC(C)C)C(=O)N[C@@H](Cc1c[nH]c2ccccc12)C(=O)N[C@H](CC(C)C)C(=O)N[C@@H](Cc1c[nH]c2ccccc12)C(=O)NCCO)C(C)C)C(C)C)C(C)C. The number of rotatable bonds is 54. The molecule has 4 heterocycles. The van der Waals surface area contributed by atoms with Crippen LogP contribution in [0.3, 0.4) is 0 Å². The van der Waals surface area contributed by atoms with Gasteiger partial charge in [0.15, 0.2) is 0 Å². The molecule has 37 nitrogen and oxygen atoms in total. The summed E-state index contributed by atoms with van der Waals surface area (Å²) in [4.78, 5) is 242. The molecule has 8 rings (SSSR count). The lowest BCUT2D eigenvalue weighted by Gasteiger charge is -2.31. The maximum absolute atomic E-state index is 15.6. The summed E-state index contributed by atoms with van der Waals surface area (Å²) in [5, 5.41) is 56.7. The zero-order valence-electron chi connectivity index (χ0n) is 81.8. The number of benzene rings is 4. The van der Waals surface area contributed by atoms with Gasteiger partial charge in [0.2, 0.25) is 95.0 Å². The lowest BCUT2D eigenvalue weighted by Crippen LogP contribution is -2.62. The molecule has 8 aromatic rings. The van der Waals surface area contributed by atoms with Crippen molar-refractivity contribution in [2.24, 2.45) is 47.3 Å². The molecule has 137 heavy (non-hydrogen) atoms. The highest BCUT2D eigenvalue weighted by Crippen LogP contribution is 2.26. The Bertz CT molecular complexity index is 5490. The van der Waals surface area contributed by atoms with Crippen LogP contribution in [0.1, 0.15) is 179 Å². The van der Waals surface area contributed by atoms with Gasteiger partial charge >= 0.3 is 0 Å². The number of fused-ring (bicyclic) bond motifs is 4. The molecule has 21 N–H and O–H groups in total. The van der Waals surface area contributed by atoms with Gasteiger partial charge in [0, 0.05) is 101 Å². The van der Waals surface area contributed by atoms with Gasteiger partial charge in [0.05, 0.1) is 13.2 Å². The van der Waals surface area contributed by atoms with Crippen molar-refractivity contribution >= 4 is 139 Å². The molecule has 0 spiro atoms. The monoisotopic (exact) mass is 1900 g/mol. The van der Waals surface area contributed by atoms with Crippen LogP contribution in [0.2, 0.25) is 0 Å². The summed E-state index contributed by atoms with van der Waals surface area (Å²) in [7, 11) is 0. The second-order valence-corrected chi connectivity index (χ2v) is 38.4. The highest BCUT2D eigenvalue weighted by molar-refractivity contribution is 6.02. The Balaban J connectivity index is 1.00. The summed E-state index contributed by atoms with van der Waals surface area (Å²) < 4.78 is 0. The van der Waals surface area contributed by atoms with Gasteiger partial charge in [0.25, 0.3) is 0 Å². The molecule has 744 valence electrons. The van der Waals surface area contributed by atoms with Gasteiger partial charge in [-0.2, -0.15) is 0 Å². The minimum atomic E-state index is -1.48. The number of nitrogens with one attached hydrogen (secondary N) is 20. The standard InChI is InChI=1S/C100H142N20O17/c1-19-59(16)86(107-51-122)97(134)106-50-82(123)108-60(17)87(124)110-74(38-52(2)3)90(127)109-61(18)88(125)118-84(57(12)13)99(136)120-85(58(14)15)100(137)119-83(56(10)11)98(135)117-81(45-65-49-105-73-35-27-23-31-69(65)73)96(133)113-77(41-55(8)9)93(130)116-80(44-64-48-104-72-34-26-22-30-68(64)72)95(132)112-76(40-54(6)7)92(129)115-79(43-63-47-103-71-33-25-21-29-67(63)71)94(131)111-75(39-53(4)5)91(128)114-78(89(126)101-36-37-121)42-62-46-102-70-32-24-20-28-66(62)70/h20-35,46-49,51-61,74-81,83-86,102-105,121H,19,36-45,50H2,1-18H3,(H,101,126)(H,106,134)(H,107,122)(H,108,123)(H,109,127)(H,110,124)(H,111,131)(H,112,132)(H,113,133)(H,114,128)(H,115,129)(H,116,130)(H,117,135)(H,118,125)(H,119,137)(H,120,136)/t59-,60-,61-,74+,75+,76+,77+,78-,79-,80-,81-,83+,84+,85-,86-/m0/s1. The van der Waals surface area contributed by atoms with Gasteiger partial charge < -0.3 is 110 Å². The first kappa shape index (κ1) is 109. The number of carbonyl (C=O) groups is 16. The maximum Gasteiger partial charge on any atom is 0.243 e. The Kier molecular flexibility index (Phi) is 41.3. The predicted molar refractivity (Wildman–Crippen MR) is 522 cm³/mol. The molecular formula is C100H142N20O17. The van der Waals surface area contributed by atoms with E-state index >= 15 is 28.8 Å². The van der Waals surface area contributed by atoms with Crippen molar-refractivity contribution in [3.63, 3.8) is 0 Å². The van der Waals surface area contributed by atoms with Crippen LogP contribution >= 0.6 is 0 Å². The molecule has 16 amide bonds. The van der Waals surface area contributed by atoms with E-state index < -0.39 is 197 Å². The van der Waals surface area contributed by atoms with Crippen LogP contribution in [-0.2, 0) is 102 Å². The van der Waals surface area contributed by atoms with E-state index in [-0.39, 0.29) is 94.1 Å². The third-order valence-corrected chi connectivity index (χ3v) is 24.1. The largest absolute Gasteiger partial charge is 0.395 e. The number of hydrogen-bond acceptors (Lipinski definition) is 17. The van der Waals surface area contributed by atoms with E-state index in [1.807, 2.05) is 139 Å². The molecule has 0 aliphatic carbocycles. The molecule has 15 atom stereocenters. The second kappa shape index (κ2) is 52.0. The Labute approximate surface area is 799 Å². The van der Waals surface area contributed by atoms with Crippen LogP contribution in [0.4, 0.5) is 0 Å². The number of hydrogen-bond donors (Lipinski definition) is 21. The Hall–Kier alpha value is -13.5. The number of aromatic amines is 4. The number of aliphatic hydroxyl groups is 1. The fourth-order valence-corrected chi connectivity index (χ4v) is 16.4. The van der Waals surface area contributed by atoms with E-state index in [4.69, 9.17) is 0 Å². The number of carbonyl (C=O) groups excluding carboxylic acids is 16. The fourth-order valence-electron chi connectivity index (χ4n) is 16.4. The lowest BCUT2D eigenvalue weighted by atomic mass is 9.97. The third kappa shape index (κ3) is 31.8. The summed E-state index contributed by atoms with van der Waals surface area (Å²) in [5.74, 6) is -14.5. The number of aliphatic hydroxyl groups excluding tert-OH is 1. The highest BCUT2D eigenvalue weighted by atomic mass is 16.3. The van der Waals surface area contributed by atoms with Crippen molar-refractivity contribution in [3.05, 3.63) is 144 Å². The Morgan fingerprint density at radius 1 is 0.299 bits per heavy atom. The van der Waals surface area contributed by atoms with Crippen molar-refractivity contribution in [2.75, 3.05) is 19.7 Å². The van der Waals surface area contributed by atoms with Crippen LogP contribution < -0.4 is 85.1 Å². The molecule has 0 bridgehead atoms. The molecule has 0 aliphatic rings. The average Bonchev–Trinajstić information content (AvgIpc) is 1.64. The van der Waals surface area contributed by atoms with Gasteiger partial charge in [-0.3, -0.25) is 76.7 Å². The first-order chi connectivity index (χ1) is 65.0. The summed E-state index contributed by atoms with van der Waals surface area (Å²) >= 11 is 0. The number of amides is 16. The molecular weight excluding hydrogens is 1750 g/mol. The maximum atomic E-state index is 15.6. The summed E-state index contributed by atoms with van der Waals surface area (Å²) in [6, 6.07) is 11.2. The molecule has 37 heteroatoms. The Morgan fingerprint density at radius 3 is 0.869 bits per heavy atom. The molecule has 4 aromatic heterocycles. The van der Waals surface area contributed by atoms with E-state index in [2.05, 4.69) is 105 Å². The van der Waals surface area contributed by atoms with Crippen molar-refractivity contribution in [2.45, 2.75) is 267 Å². The van der Waals surface area contributed by atoms with Gasteiger partial charge in [-0.25, -0.2) is 0 Å². The number of aromatic nitrogens is 4. The number of H-pyrrole nitrogens is 4. The quantitative estimate of drug-likeness (QED) is 0.0228. The number of para-hydroxylation sites is 4. The minimum Gasteiger partial charge on any atom is -0.395 e. The van der Waals surface area contributed by atoms with Crippen LogP contribution in [-0.4, -0.2) is 224 Å². The highest BCUT2D eigenvalue weighted by Gasteiger charge is 2.41. The molecule has 0 aliphatic heterocycles. The summed E-state index contributed by atoms with van der Waals surface area (Å²) in [5.41, 5.74) is 5.50. The second-order valence-electron chi connectivity index (χ2n) is 38.4.